The summed E-state index contributed by atoms with van der Waals surface area (Å²) in [4.78, 5) is 25.7. The van der Waals surface area contributed by atoms with Crippen LogP contribution in [0.3, 0.4) is 0 Å². The Morgan fingerprint density at radius 2 is 2.29 bits per heavy atom. The largest absolute Gasteiger partial charge is 0.478 e. The van der Waals surface area contributed by atoms with E-state index in [1.54, 1.807) is 11.9 Å². The number of hydrogen-bond acceptors (Lipinski definition) is 5. The van der Waals surface area contributed by atoms with E-state index in [4.69, 9.17) is 0 Å². The quantitative estimate of drug-likeness (QED) is 0.656. The summed E-state index contributed by atoms with van der Waals surface area (Å²) >= 11 is 0. The average molecular weight is 293 g/mol. The Morgan fingerprint density at radius 3 is 2.81 bits per heavy atom. The fourth-order valence-electron chi connectivity index (χ4n) is 2.79. The first-order valence-corrected chi connectivity index (χ1v) is 6.80. The molecular formula is C14H19N3O4. The molecule has 21 heavy (non-hydrogen) atoms. The van der Waals surface area contributed by atoms with Gasteiger partial charge in [0.05, 0.1) is 16.2 Å². The molecule has 2 rings (SSSR count). The molecule has 0 saturated carbocycles. The van der Waals surface area contributed by atoms with Crippen LogP contribution in [0.15, 0.2) is 18.2 Å². The summed E-state index contributed by atoms with van der Waals surface area (Å²) in [6.07, 6.45) is 1.05. The summed E-state index contributed by atoms with van der Waals surface area (Å²) in [5.74, 6) is -0.629. The third kappa shape index (κ3) is 3.49. The number of aromatic carboxylic acids is 1. The standard InChI is InChI=1S/C14H19N3O4/c1-15-6-5-10(8-15)9-16(2)13-7-11(17(20)21)3-4-12(13)14(18)19/h3-4,7,10H,5-6,8-9H2,1-2H3,(H,18,19). The van der Waals surface area contributed by atoms with Crippen LogP contribution in [-0.4, -0.2) is 54.6 Å². The molecule has 0 amide bonds. The van der Waals surface area contributed by atoms with Crippen molar-refractivity contribution >= 4 is 17.3 Å². The van der Waals surface area contributed by atoms with E-state index >= 15 is 0 Å². The van der Waals surface area contributed by atoms with E-state index in [2.05, 4.69) is 11.9 Å². The van der Waals surface area contributed by atoms with Crippen molar-refractivity contribution in [1.82, 2.24) is 4.90 Å². The molecule has 0 bridgehead atoms. The molecule has 1 heterocycles. The summed E-state index contributed by atoms with van der Waals surface area (Å²) in [5, 5.41) is 20.1. The maximum Gasteiger partial charge on any atom is 0.337 e. The predicted octanol–water partition coefficient (Wildman–Crippen LogP) is 1.68. The topological polar surface area (TPSA) is 86.9 Å². The van der Waals surface area contributed by atoms with Crippen molar-refractivity contribution in [3.05, 3.63) is 33.9 Å². The Bertz CT molecular complexity index is 561. The van der Waals surface area contributed by atoms with Crippen molar-refractivity contribution in [3.8, 4) is 0 Å². The minimum atomic E-state index is -1.07. The molecule has 1 atom stereocenters. The molecule has 1 fully saturated rings. The highest BCUT2D eigenvalue weighted by Crippen LogP contribution is 2.27. The van der Waals surface area contributed by atoms with Gasteiger partial charge in [0.25, 0.3) is 5.69 Å². The summed E-state index contributed by atoms with van der Waals surface area (Å²) in [5.41, 5.74) is 0.395. The highest BCUT2D eigenvalue weighted by Gasteiger charge is 2.24. The van der Waals surface area contributed by atoms with Gasteiger partial charge >= 0.3 is 5.97 Å². The lowest BCUT2D eigenvalue weighted by atomic mass is 10.1. The number of likely N-dealkylation sites (tertiary alicyclic amines) is 1. The van der Waals surface area contributed by atoms with Crippen LogP contribution >= 0.6 is 0 Å². The molecular weight excluding hydrogens is 274 g/mol. The summed E-state index contributed by atoms with van der Waals surface area (Å²) < 4.78 is 0. The van der Waals surface area contributed by atoms with Gasteiger partial charge in [0.15, 0.2) is 0 Å². The first kappa shape index (κ1) is 15.2. The molecule has 1 N–H and O–H groups in total. The van der Waals surface area contributed by atoms with Gasteiger partial charge in [-0.2, -0.15) is 0 Å². The normalized spacial score (nSPS) is 18.7. The minimum absolute atomic E-state index is 0.0921. The van der Waals surface area contributed by atoms with Crippen molar-refractivity contribution < 1.29 is 14.8 Å². The maximum absolute atomic E-state index is 11.3. The van der Waals surface area contributed by atoms with Crippen LogP contribution in [0.25, 0.3) is 0 Å². The number of carbonyl (C=O) groups is 1. The zero-order valence-electron chi connectivity index (χ0n) is 12.2. The van der Waals surface area contributed by atoms with Gasteiger partial charge in [0.2, 0.25) is 0 Å². The number of non-ortho nitro benzene ring substituents is 1. The number of nitro benzene ring substituents is 1. The average Bonchev–Trinajstić information content (AvgIpc) is 2.83. The van der Waals surface area contributed by atoms with Crippen LogP contribution in [0.4, 0.5) is 11.4 Å². The molecule has 1 aromatic rings. The van der Waals surface area contributed by atoms with Gasteiger partial charge in [-0.1, -0.05) is 0 Å². The number of nitro groups is 1. The molecule has 0 aromatic heterocycles. The Hall–Kier alpha value is -2.15. The Kier molecular flexibility index (Phi) is 4.42. The first-order valence-electron chi connectivity index (χ1n) is 6.80. The van der Waals surface area contributed by atoms with Crippen molar-refractivity contribution in [2.75, 3.05) is 38.6 Å². The number of carboxylic acids is 1. The van der Waals surface area contributed by atoms with E-state index in [9.17, 15) is 20.0 Å². The van der Waals surface area contributed by atoms with E-state index < -0.39 is 10.9 Å². The fourth-order valence-corrected chi connectivity index (χ4v) is 2.79. The molecule has 0 spiro atoms. The summed E-state index contributed by atoms with van der Waals surface area (Å²) in [6.45, 7) is 2.67. The van der Waals surface area contributed by atoms with Crippen LogP contribution in [0.2, 0.25) is 0 Å². The zero-order chi connectivity index (χ0) is 15.6. The lowest BCUT2D eigenvalue weighted by molar-refractivity contribution is -0.384. The number of benzene rings is 1. The van der Waals surface area contributed by atoms with Crippen LogP contribution in [-0.2, 0) is 0 Å². The number of rotatable bonds is 5. The molecule has 0 radical (unpaired) electrons. The molecule has 7 nitrogen and oxygen atoms in total. The van der Waals surface area contributed by atoms with Gasteiger partial charge in [-0.25, -0.2) is 4.79 Å². The lowest BCUT2D eigenvalue weighted by Crippen LogP contribution is -2.28. The van der Waals surface area contributed by atoms with Crippen molar-refractivity contribution in [3.63, 3.8) is 0 Å². The Labute approximate surface area is 122 Å². The second-order valence-electron chi connectivity index (χ2n) is 5.56. The zero-order valence-corrected chi connectivity index (χ0v) is 12.2. The summed E-state index contributed by atoms with van der Waals surface area (Å²) in [7, 11) is 3.83. The van der Waals surface area contributed by atoms with Crippen LogP contribution in [0.1, 0.15) is 16.8 Å². The molecule has 1 aliphatic rings. The van der Waals surface area contributed by atoms with Gasteiger partial charge in [0, 0.05) is 32.3 Å². The molecule has 0 aliphatic carbocycles. The van der Waals surface area contributed by atoms with Gasteiger partial charge in [-0.3, -0.25) is 10.1 Å². The van der Waals surface area contributed by atoms with Crippen molar-refractivity contribution in [1.29, 1.82) is 0 Å². The monoisotopic (exact) mass is 293 g/mol. The van der Waals surface area contributed by atoms with Crippen molar-refractivity contribution in [2.45, 2.75) is 6.42 Å². The van der Waals surface area contributed by atoms with E-state index in [1.165, 1.54) is 18.2 Å². The van der Waals surface area contributed by atoms with E-state index in [0.717, 1.165) is 19.5 Å². The Morgan fingerprint density at radius 1 is 1.57 bits per heavy atom. The number of carboxylic acid groups (broad SMARTS) is 1. The van der Waals surface area contributed by atoms with Gasteiger partial charge in [0.1, 0.15) is 0 Å². The van der Waals surface area contributed by atoms with E-state index in [0.29, 0.717) is 18.2 Å². The van der Waals surface area contributed by atoms with E-state index in [-0.39, 0.29) is 11.3 Å². The van der Waals surface area contributed by atoms with Gasteiger partial charge < -0.3 is 14.9 Å². The maximum atomic E-state index is 11.3. The molecule has 7 heteroatoms. The van der Waals surface area contributed by atoms with Crippen LogP contribution in [0, 0.1) is 16.0 Å². The highest BCUT2D eigenvalue weighted by atomic mass is 16.6. The van der Waals surface area contributed by atoms with Gasteiger partial charge in [-0.15, -0.1) is 0 Å². The van der Waals surface area contributed by atoms with Crippen molar-refractivity contribution in [2.24, 2.45) is 5.92 Å². The van der Waals surface area contributed by atoms with Gasteiger partial charge in [-0.05, 0) is 32.0 Å². The van der Waals surface area contributed by atoms with Crippen LogP contribution in [0.5, 0.6) is 0 Å². The number of hydrogen-bond donors (Lipinski definition) is 1. The molecule has 1 aromatic carbocycles. The highest BCUT2D eigenvalue weighted by molar-refractivity contribution is 5.95. The molecule has 1 aliphatic heterocycles. The minimum Gasteiger partial charge on any atom is -0.478 e. The first-order chi connectivity index (χ1) is 9.88. The van der Waals surface area contributed by atoms with Crippen LogP contribution < -0.4 is 4.90 Å². The fraction of sp³-hybridized carbons (Fsp3) is 0.500. The second kappa shape index (κ2) is 6.09. The predicted molar refractivity (Wildman–Crippen MR) is 78.9 cm³/mol. The third-order valence-electron chi connectivity index (χ3n) is 3.85. The Balaban J connectivity index is 2.24. The lowest BCUT2D eigenvalue weighted by Gasteiger charge is -2.24. The summed E-state index contributed by atoms with van der Waals surface area (Å²) in [6, 6.07) is 3.86. The molecule has 114 valence electrons. The number of nitrogens with zero attached hydrogens (tertiary/aromatic N) is 3. The third-order valence-corrected chi connectivity index (χ3v) is 3.85. The molecule has 1 unspecified atom stereocenters. The smallest absolute Gasteiger partial charge is 0.337 e. The molecule has 1 saturated heterocycles. The SMILES string of the molecule is CN1CCC(CN(C)c2cc([N+](=O)[O-])ccc2C(=O)O)C1. The second-order valence-corrected chi connectivity index (χ2v) is 5.56. The number of anilines is 1. The van der Waals surface area contributed by atoms with E-state index in [1.807, 2.05) is 0 Å².